The first kappa shape index (κ1) is 26.5. The second-order valence-electron chi connectivity index (χ2n) is 8.12. The third-order valence-electron chi connectivity index (χ3n) is 5.36. The molecular weight excluding hydrogens is 625 g/mol. The Hall–Kier alpha value is -4.10. The molecule has 36 heavy (non-hydrogen) atoms. The van der Waals surface area contributed by atoms with E-state index in [1.165, 1.54) is 25.3 Å². The third kappa shape index (κ3) is 6.31. The monoisotopic (exact) mass is 648 g/mol. The minimum Gasteiger partial charge on any atom is -0.512 e. The van der Waals surface area contributed by atoms with E-state index in [4.69, 9.17) is 10.1 Å². The van der Waals surface area contributed by atoms with Gasteiger partial charge in [0.1, 0.15) is 0 Å². The van der Waals surface area contributed by atoms with Gasteiger partial charge in [-0.05, 0) is 53.9 Å². The average Bonchev–Trinajstić information content (AvgIpc) is 2.87. The van der Waals surface area contributed by atoms with E-state index in [0.29, 0.717) is 5.56 Å². The summed E-state index contributed by atoms with van der Waals surface area (Å²) in [6.07, 6.45) is 1.17. The van der Waals surface area contributed by atoms with Gasteiger partial charge in [0.25, 0.3) is 0 Å². The summed E-state index contributed by atoms with van der Waals surface area (Å²) in [6.45, 7) is 2.85. The molecule has 0 unspecified atom stereocenters. The Kier molecular flexibility index (Phi) is 8.86. The molecule has 5 rings (SSSR count). The third-order valence-corrected chi connectivity index (χ3v) is 5.36. The van der Waals surface area contributed by atoms with Crippen molar-refractivity contribution < 1.29 is 30.0 Å². The van der Waals surface area contributed by atoms with Crippen LogP contribution >= 0.6 is 0 Å². The van der Waals surface area contributed by atoms with Crippen molar-refractivity contribution in [2.45, 2.75) is 13.8 Å². The van der Waals surface area contributed by atoms with Crippen molar-refractivity contribution in [2.24, 2.45) is 0 Å². The standard InChI is InChI=1S/C26H15N2.C5H8O2.Ir/c27-17-18-7-6-12-22(13-18)25-16-23(19-8-2-1-3-9-19)24-14-20-10-4-5-11-21(20)15-26(24)28-25;1-4(6)3-5(2)7;/h1-12,14-16H;3,6H,1-2H3;/q-1;;/b;4-3-;. The van der Waals surface area contributed by atoms with Crippen molar-refractivity contribution in [3.8, 4) is 28.5 Å². The van der Waals surface area contributed by atoms with Crippen LogP contribution < -0.4 is 0 Å². The summed E-state index contributed by atoms with van der Waals surface area (Å²) >= 11 is 0. The van der Waals surface area contributed by atoms with Gasteiger partial charge in [-0.1, -0.05) is 71.8 Å². The molecule has 1 heterocycles. The number of aliphatic hydroxyl groups excluding tert-OH is 1. The molecule has 0 aliphatic rings. The van der Waals surface area contributed by atoms with Crippen molar-refractivity contribution >= 4 is 27.5 Å². The van der Waals surface area contributed by atoms with Gasteiger partial charge in [-0.25, -0.2) is 5.26 Å². The van der Waals surface area contributed by atoms with Gasteiger partial charge in [0, 0.05) is 37.3 Å². The smallest absolute Gasteiger partial charge is 0.155 e. The molecule has 0 aliphatic carbocycles. The molecule has 0 saturated carbocycles. The number of fused-ring (bicyclic) bond motifs is 2. The minimum absolute atomic E-state index is 0. The second-order valence-corrected chi connectivity index (χ2v) is 8.12. The number of pyridine rings is 1. The van der Waals surface area contributed by atoms with Gasteiger partial charge >= 0.3 is 0 Å². The van der Waals surface area contributed by atoms with Crippen LogP contribution in [-0.4, -0.2) is 15.9 Å². The topological polar surface area (TPSA) is 74.0 Å². The maximum absolute atomic E-state index is 10.0. The number of allylic oxidation sites excluding steroid dienone is 2. The number of nitrogens with zero attached hydrogens (tertiary/aromatic N) is 2. The van der Waals surface area contributed by atoms with Crippen molar-refractivity contribution in [3.63, 3.8) is 0 Å². The number of aliphatic hydroxyl groups is 1. The Labute approximate surface area is 223 Å². The maximum Gasteiger partial charge on any atom is 0.155 e. The first-order valence-corrected chi connectivity index (χ1v) is 11.1. The van der Waals surface area contributed by atoms with Gasteiger partial charge < -0.3 is 5.11 Å². The van der Waals surface area contributed by atoms with Crippen molar-refractivity contribution in [3.05, 3.63) is 114 Å². The van der Waals surface area contributed by atoms with E-state index >= 15 is 0 Å². The molecule has 179 valence electrons. The number of hydrogen-bond donors (Lipinski definition) is 1. The molecule has 4 aromatic carbocycles. The SMILES string of the molecule is CC(=O)/C=C(/C)O.N#Cc1[c-]c(-c2cc(-c3ccccc3)c3cc4ccccc4cc3n2)ccc1.[Ir]. The minimum atomic E-state index is -0.125. The number of hydrogen-bond acceptors (Lipinski definition) is 4. The zero-order valence-electron chi connectivity index (χ0n) is 19.8. The fourth-order valence-electron chi connectivity index (χ4n) is 3.89. The molecule has 0 spiro atoms. The van der Waals surface area contributed by atoms with Crippen LogP contribution in [0.15, 0.2) is 103 Å². The molecule has 0 amide bonds. The summed E-state index contributed by atoms with van der Waals surface area (Å²) in [7, 11) is 0. The van der Waals surface area contributed by atoms with Crippen LogP contribution in [0.3, 0.4) is 0 Å². The van der Waals surface area contributed by atoms with Crippen molar-refractivity contribution in [2.75, 3.05) is 0 Å². The molecule has 0 aliphatic heterocycles. The number of carbonyl (C=O) groups excluding carboxylic acids is 1. The van der Waals surface area contributed by atoms with E-state index in [1.54, 1.807) is 6.07 Å². The molecule has 5 aromatic rings. The molecule has 1 N–H and O–H groups in total. The Morgan fingerprint density at radius 2 is 1.58 bits per heavy atom. The maximum atomic E-state index is 10.0. The number of nitriles is 1. The van der Waals surface area contributed by atoms with Gasteiger partial charge in [0.2, 0.25) is 0 Å². The Morgan fingerprint density at radius 3 is 2.19 bits per heavy atom. The van der Waals surface area contributed by atoms with E-state index in [-0.39, 0.29) is 31.6 Å². The van der Waals surface area contributed by atoms with Gasteiger partial charge in [0.15, 0.2) is 5.78 Å². The molecule has 0 saturated heterocycles. The van der Waals surface area contributed by atoms with Crippen LogP contribution in [0.4, 0.5) is 0 Å². The Balaban J connectivity index is 0.000000400. The van der Waals surface area contributed by atoms with Crippen LogP contribution in [-0.2, 0) is 24.9 Å². The fourth-order valence-corrected chi connectivity index (χ4v) is 3.89. The quantitative estimate of drug-likeness (QED) is 0.0957. The molecule has 5 heteroatoms. The van der Waals surface area contributed by atoms with E-state index < -0.39 is 0 Å². The summed E-state index contributed by atoms with van der Waals surface area (Å²) < 4.78 is 0. The Morgan fingerprint density at radius 1 is 0.917 bits per heavy atom. The van der Waals surface area contributed by atoms with E-state index in [0.717, 1.165) is 38.7 Å². The van der Waals surface area contributed by atoms with Gasteiger partial charge in [0.05, 0.1) is 11.3 Å². The fraction of sp³-hybridized carbons (Fsp3) is 0.0645. The van der Waals surface area contributed by atoms with E-state index in [1.807, 2.05) is 36.4 Å². The summed E-state index contributed by atoms with van der Waals surface area (Å²) in [5, 5.41) is 21.1. The van der Waals surface area contributed by atoms with Crippen molar-refractivity contribution in [1.29, 1.82) is 5.26 Å². The first-order chi connectivity index (χ1) is 16.9. The molecule has 0 fully saturated rings. The average molecular weight is 648 g/mol. The summed E-state index contributed by atoms with van der Waals surface area (Å²) in [5.41, 5.74) is 5.36. The van der Waals surface area contributed by atoms with Crippen molar-refractivity contribution in [1.82, 2.24) is 4.98 Å². The molecule has 4 nitrogen and oxygen atoms in total. The summed E-state index contributed by atoms with van der Waals surface area (Å²) in [4.78, 5) is 14.9. The second kappa shape index (κ2) is 12.0. The number of aromatic nitrogens is 1. The van der Waals surface area contributed by atoms with Crippen LogP contribution in [0.2, 0.25) is 0 Å². The molecular formula is C31H23IrN2O2-. The van der Waals surface area contributed by atoms with Crippen LogP contribution in [0.5, 0.6) is 0 Å². The molecule has 0 bridgehead atoms. The number of rotatable bonds is 3. The predicted octanol–water partition coefficient (Wildman–Crippen LogP) is 7.43. The van der Waals surface area contributed by atoms with Crippen LogP contribution in [0, 0.1) is 17.4 Å². The number of carbonyl (C=O) groups is 1. The van der Waals surface area contributed by atoms with E-state index in [2.05, 4.69) is 60.7 Å². The van der Waals surface area contributed by atoms with Crippen LogP contribution in [0.25, 0.3) is 44.1 Å². The zero-order chi connectivity index (χ0) is 24.8. The molecule has 1 radical (unpaired) electrons. The molecule has 0 atom stereocenters. The summed E-state index contributed by atoms with van der Waals surface area (Å²) in [6, 6.07) is 36.0. The zero-order valence-corrected chi connectivity index (χ0v) is 22.2. The predicted molar refractivity (Wildman–Crippen MR) is 141 cm³/mol. The number of ketones is 1. The van der Waals surface area contributed by atoms with E-state index in [9.17, 15) is 10.1 Å². The largest absolute Gasteiger partial charge is 0.512 e. The number of benzene rings is 4. The van der Waals surface area contributed by atoms with Gasteiger partial charge in [-0.15, -0.1) is 24.3 Å². The Bertz CT molecular complexity index is 1600. The van der Waals surface area contributed by atoms with Gasteiger partial charge in [-0.3, -0.25) is 9.78 Å². The van der Waals surface area contributed by atoms with Gasteiger partial charge in [-0.2, -0.15) is 0 Å². The van der Waals surface area contributed by atoms with Crippen LogP contribution in [0.1, 0.15) is 19.4 Å². The summed E-state index contributed by atoms with van der Waals surface area (Å²) in [5.74, 6) is -0.0625. The first-order valence-electron chi connectivity index (χ1n) is 11.1. The molecule has 1 aromatic heterocycles. The normalized spacial score (nSPS) is 10.6.